The predicted octanol–water partition coefficient (Wildman–Crippen LogP) is 3.54. The molecule has 0 saturated heterocycles. The molecule has 23 heavy (non-hydrogen) atoms. The molecule has 0 bridgehead atoms. The number of aryl methyl sites for hydroxylation is 1. The summed E-state index contributed by atoms with van der Waals surface area (Å²) < 4.78 is 1.52. The van der Waals surface area contributed by atoms with E-state index in [2.05, 4.69) is 10.1 Å². The van der Waals surface area contributed by atoms with Crippen molar-refractivity contribution in [2.24, 2.45) is 0 Å². The SMILES string of the molecule is Cc1cscc1C(=O)N(C=N)c1cn(-c2cccnc2)nc1Cl. The number of aromatic nitrogens is 3. The van der Waals surface area contributed by atoms with Gasteiger partial charge in [0.05, 0.1) is 30.0 Å². The summed E-state index contributed by atoms with van der Waals surface area (Å²) in [5.41, 5.74) is 2.47. The van der Waals surface area contributed by atoms with Crippen molar-refractivity contribution in [1.29, 1.82) is 5.41 Å². The van der Waals surface area contributed by atoms with E-state index in [0.29, 0.717) is 16.9 Å². The summed E-state index contributed by atoms with van der Waals surface area (Å²) in [7, 11) is 0. The van der Waals surface area contributed by atoms with Gasteiger partial charge in [0.25, 0.3) is 5.91 Å². The first-order valence-electron chi connectivity index (χ1n) is 6.64. The van der Waals surface area contributed by atoms with Crippen molar-refractivity contribution in [3.63, 3.8) is 0 Å². The molecule has 0 radical (unpaired) electrons. The standard InChI is InChI=1S/C15H12ClN5OS/c1-10-7-23-8-12(10)15(22)20(9-17)13-6-21(19-14(13)16)11-3-2-4-18-5-11/h2-9,17H,1H3. The number of anilines is 1. The lowest BCUT2D eigenvalue weighted by Gasteiger charge is -2.15. The van der Waals surface area contributed by atoms with Crippen molar-refractivity contribution >= 4 is 40.9 Å². The van der Waals surface area contributed by atoms with Crippen LogP contribution in [0.3, 0.4) is 0 Å². The van der Waals surface area contributed by atoms with E-state index >= 15 is 0 Å². The summed E-state index contributed by atoms with van der Waals surface area (Å²) in [5.74, 6) is -0.314. The molecule has 8 heteroatoms. The molecule has 0 atom stereocenters. The number of pyridine rings is 1. The molecular formula is C15H12ClN5OS. The molecule has 3 heterocycles. The largest absolute Gasteiger partial charge is 0.291 e. The number of nitrogens with zero attached hydrogens (tertiary/aromatic N) is 4. The Balaban J connectivity index is 2.00. The Bertz CT molecular complexity index is 858. The van der Waals surface area contributed by atoms with E-state index in [-0.39, 0.29) is 11.1 Å². The number of carbonyl (C=O) groups is 1. The van der Waals surface area contributed by atoms with Crippen LogP contribution in [0.5, 0.6) is 0 Å². The molecule has 3 aromatic heterocycles. The van der Waals surface area contributed by atoms with Crippen LogP contribution in [-0.2, 0) is 0 Å². The highest BCUT2D eigenvalue weighted by Gasteiger charge is 2.23. The zero-order valence-electron chi connectivity index (χ0n) is 12.1. The number of hydrogen-bond donors (Lipinski definition) is 1. The first kappa shape index (κ1) is 15.4. The van der Waals surface area contributed by atoms with Crippen LogP contribution < -0.4 is 4.90 Å². The molecule has 1 amide bonds. The van der Waals surface area contributed by atoms with Gasteiger partial charge in [-0.15, -0.1) is 0 Å². The van der Waals surface area contributed by atoms with E-state index in [9.17, 15) is 4.79 Å². The van der Waals surface area contributed by atoms with Crippen LogP contribution in [0.25, 0.3) is 5.69 Å². The number of carbonyl (C=O) groups excluding carboxylic acids is 1. The van der Waals surface area contributed by atoms with Crippen molar-refractivity contribution in [2.75, 3.05) is 4.90 Å². The van der Waals surface area contributed by atoms with Crippen LogP contribution in [0, 0.1) is 12.3 Å². The maximum absolute atomic E-state index is 12.6. The Kier molecular flexibility index (Phi) is 4.22. The zero-order valence-corrected chi connectivity index (χ0v) is 13.7. The van der Waals surface area contributed by atoms with Gasteiger partial charge in [0.2, 0.25) is 0 Å². The Morgan fingerprint density at radius 3 is 2.91 bits per heavy atom. The molecule has 0 spiro atoms. The minimum absolute atomic E-state index is 0.138. The topological polar surface area (TPSA) is 74.9 Å². The molecule has 0 aliphatic heterocycles. The Morgan fingerprint density at radius 2 is 2.30 bits per heavy atom. The normalized spacial score (nSPS) is 10.5. The van der Waals surface area contributed by atoms with Crippen molar-refractivity contribution < 1.29 is 4.79 Å². The van der Waals surface area contributed by atoms with Gasteiger partial charge >= 0.3 is 0 Å². The quantitative estimate of drug-likeness (QED) is 0.580. The Morgan fingerprint density at radius 1 is 1.48 bits per heavy atom. The van der Waals surface area contributed by atoms with Gasteiger partial charge in [0.15, 0.2) is 5.15 Å². The summed E-state index contributed by atoms with van der Waals surface area (Å²) in [5, 5.41) is 15.6. The smallest absolute Gasteiger partial charge is 0.264 e. The van der Waals surface area contributed by atoms with Crippen molar-refractivity contribution in [2.45, 2.75) is 6.92 Å². The fourth-order valence-corrected chi connectivity index (χ4v) is 3.12. The number of amides is 1. The monoisotopic (exact) mass is 345 g/mol. The molecule has 0 aromatic carbocycles. The third-order valence-corrected chi connectivity index (χ3v) is 4.39. The maximum atomic E-state index is 12.6. The highest BCUT2D eigenvalue weighted by Crippen LogP contribution is 2.27. The van der Waals surface area contributed by atoms with Crippen molar-refractivity contribution in [3.8, 4) is 5.69 Å². The summed E-state index contributed by atoms with van der Waals surface area (Å²) >= 11 is 7.61. The molecule has 6 nitrogen and oxygen atoms in total. The van der Waals surface area contributed by atoms with E-state index in [1.165, 1.54) is 20.9 Å². The number of thiophene rings is 1. The van der Waals surface area contributed by atoms with Crippen molar-refractivity contribution in [3.05, 3.63) is 57.8 Å². The van der Waals surface area contributed by atoms with Gasteiger partial charge in [-0.2, -0.15) is 16.4 Å². The molecule has 0 aliphatic rings. The van der Waals surface area contributed by atoms with Gasteiger partial charge in [-0.1, -0.05) is 11.6 Å². The Hall–Kier alpha value is -2.51. The average molecular weight is 346 g/mol. The van der Waals surface area contributed by atoms with Gasteiger partial charge in [0.1, 0.15) is 5.69 Å². The van der Waals surface area contributed by atoms with E-state index in [1.54, 1.807) is 30.0 Å². The third kappa shape index (κ3) is 2.88. The van der Waals surface area contributed by atoms with Gasteiger partial charge in [-0.25, -0.2) is 4.68 Å². The lowest BCUT2D eigenvalue weighted by atomic mass is 10.2. The molecular weight excluding hydrogens is 334 g/mol. The van der Waals surface area contributed by atoms with Gasteiger partial charge in [-0.3, -0.25) is 20.1 Å². The molecule has 0 fully saturated rings. The first-order chi connectivity index (χ1) is 11.1. The van der Waals surface area contributed by atoms with Gasteiger partial charge < -0.3 is 0 Å². The minimum Gasteiger partial charge on any atom is -0.291 e. The van der Waals surface area contributed by atoms with E-state index < -0.39 is 0 Å². The molecule has 0 saturated carbocycles. The third-order valence-electron chi connectivity index (χ3n) is 3.26. The van der Waals surface area contributed by atoms with Crippen LogP contribution in [0.2, 0.25) is 5.15 Å². The number of nitrogens with one attached hydrogen (secondary N) is 1. The maximum Gasteiger partial charge on any atom is 0.264 e. The second kappa shape index (κ2) is 6.31. The van der Waals surface area contributed by atoms with Gasteiger partial charge in [-0.05, 0) is 30.0 Å². The van der Waals surface area contributed by atoms with Crippen molar-refractivity contribution in [1.82, 2.24) is 14.8 Å². The predicted molar refractivity (Wildman–Crippen MR) is 91.0 cm³/mol. The van der Waals surface area contributed by atoms with E-state index in [1.807, 2.05) is 18.4 Å². The number of hydrogen-bond acceptors (Lipinski definition) is 5. The summed E-state index contributed by atoms with van der Waals surface area (Å²) in [6.45, 7) is 1.85. The molecule has 0 unspecified atom stereocenters. The second-order valence-electron chi connectivity index (χ2n) is 4.73. The van der Waals surface area contributed by atoms with Crippen LogP contribution in [0.1, 0.15) is 15.9 Å². The van der Waals surface area contributed by atoms with Crippen LogP contribution >= 0.6 is 22.9 Å². The van der Waals surface area contributed by atoms with Gasteiger partial charge in [0, 0.05) is 11.6 Å². The zero-order chi connectivity index (χ0) is 16.4. The van der Waals surface area contributed by atoms with E-state index in [4.69, 9.17) is 17.0 Å². The van der Waals surface area contributed by atoms with Crippen LogP contribution in [0.15, 0.2) is 41.5 Å². The molecule has 3 aromatic rings. The summed E-state index contributed by atoms with van der Waals surface area (Å²) in [4.78, 5) is 17.8. The van der Waals surface area contributed by atoms with Crippen LogP contribution in [0.4, 0.5) is 5.69 Å². The molecule has 1 N–H and O–H groups in total. The summed E-state index contributed by atoms with van der Waals surface area (Å²) in [6.07, 6.45) is 5.83. The first-order valence-corrected chi connectivity index (χ1v) is 7.96. The van der Waals surface area contributed by atoms with Crippen LogP contribution in [-0.4, -0.2) is 27.0 Å². The minimum atomic E-state index is -0.314. The molecule has 0 aliphatic carbocycles. The highest BCUT2D eigenvalue weighted by molar-refractivity contribution is 7.08. The Labute approximate surface area is 141 Å². The second-order valence-corrected chi connectivity index (χ2v) is 5.84. The van der Waals surface area contributed by atoms with E-state index in [0.717, 1.165) is 11.9 Å². The molecule has 3 rings (SSSR count). The fourth-order valence-electron chi connectivity index (χ4n) is 2.07. The number of rotatable bonds is 4. The fraction of sp³-hybridized carbons (Fsp3) is 0.0667. The average Bonchev–Trinajstić information content (AvgIpc) is 3.15. The lowest BCUT2D eigenvalue weighted by molar-refractivity contribution is 0.100. The number of halogens is 1. The summed E-state index contributed by atoms with van der Waals surface area (Å²) in [6, 6.07) is 3.60. The highest BCUT2D eigenvalue weighted by atomic mass is 35.5. The molecule has 116 valence electrons. The lowest BCUT2D eigenvalue weighted by Crippen LogP contribution is -2.29.